The van der Waals surface area contributed by atoms with E-state index in [0.717, 1.165) is 55.3 Å². The molecule has 2 heterocycles. The van der Waals surface area contributed by atoms with Gasteiger partial charge in [-0.05, 0) is 56.7 Å². The molecule has 0 spiro atoms. The third-order valence-electron chi connectivity index (χ3n) is 7.58. The molecule has 32 heavy (non-hydrogen) atoms. The van der Waals surface area contributed by atoms with E-state index in [2.05, 4.69) is 18.3 Å². The number of carbonyl (C=O) groups is 2. The van der Waals surface area contributed by atoms with Crippen LogP contribution >= 0.6 is 0 Å². The maximum Gasteiger partial charge on any atom is 0.273 e. The van der Waals surface area contributed by atoms with Crippen LogP contribution < -0.4 is 5.32 Å². The van der Waals surface area contributed by atoms with Gasteiger partial charge in [-0.3, -0.25) is 14.3 Å². The van der Waals surface area contributed by atoms with Crippen molar-refractivity contribution in [2.45, 2.75) is 95.8 Å². The first-order valence-corrected chi connectivity index (χ1v) is 12.2. The summed E-state index contributed by atoms with van der Waals surface area (Å²) in [5.74, 6) is 0.315. The first-order chi connectivity index (χ1) is 15.5. The van der Waals surface area contributed by atoms with E-state index >= 15 is 0 Å². The summed E-state index contributed by atoms with van der Waals surface area (Å²) in [7, 11) is 0. The number of nitrogens with zero attached hydrogens (tertiary/aromatic N) is 3. The van der Waals surface area contributed by atoms with Crippen LogP contribution in [0.5, 0.6) is 0 Å². The average molecular weight is 435 g/mol. The van der Waals surface area contributed by atoms with E-state index in [0.29, 0.717) is 24.7 Å². The van der Waals surface area contributed by atoms with Gasteiger partial charge >= 0.3 is 0 Å². The van der Waals surface area contributed by atoms with Crippen LogP contribution in [0.2, 0.25) is 0 Å². The Morgan fingerprint density at radius 2 is 1.84 bits per heavy atom. The molecular weight excluding hydrogens is 400 g/mol. The minimum atomic E-state index is -0.981. The SMILES string of the molecule is Cc1ccccc1CN1C(=O)c2cc(C3CC3)nn2C[C@@]1(C)C(=O)NC1CCCCCC1. The Kier molecular flexibility index (Phi) is 5.56. The molecule has 0 saturated heterocycles. The minimum Gasteiger partial charge on any atom is -0.351 e. The Bertz CT molecular complexity index is 1020. The molecule has 2 amide bonds. The van der Waals surface area contributed by atoms with Gasteiger partial charge in [-0.25, -0.2) is 0 Å². The number of fused-ring (bicyclic) bond motifs is 1. The second-order valence-electron chi connectivity index (χ2n) is 10.1. The number of benzene rings is 1. The molecule has 6 nitrogen and oxygen atoms in total. The topological polar surface area (TPSA) is 67.2 Å². The highest BCUT2D eigenvalue weighted by Gasteiger charge is 2.49. The summed E-state index contributed by atoms with van der Waals surface area (Å²) in [5.41, 5.74) is 2.83. The molecule has 1 aromatic heterocycles. The number of nitrogens with one attached hydrogen (secondary N) is 1. The third-order valence-corrected chi connectivity index (χ3v) is 7.58. The molecular formula is C26H34N4O2. The van der Waals surface area contributed by atoms with Gasteiger partial charge in [0.15, 0.2) is 0 Å². The Labute approximate surface area is 190 Å². The van der Waals surface area contributed by atoms with Crippen LogP contribution in [0.1, 0.15) is 91.5 Å². The van der Waals surface area contributed by atoms with Crippen molar-refractivity contribution < 1.29 is 9.59 Å². The predicted octanol–water partition coefficient (Wildman–Crippen LogP) is 4.32. The molecule has 1 N–H and O–H groups in total. The quantitative estimate of drug-likeness (QED) is 0.713. The second kappa shape index (κ2) is 8.38. The van der Waals surface area contributed by atoms with Crippen LogP contribution in [0.25, 0.3) is 0 Å². The van der Waals surface area contributed by atoms with Gasteiger partial charge in [0.25, 0.3) is 5.91 Å². The Morgan fingerprint density at radius 1 is 1.12 bits per heavy atom. The number of rotatable bonds is 5. The first kappa shape index (κ1) is 21.2. The summed E-state index contributed by atoms with van der Waals surface area (Å²) in [6, 6.07) is 10.3. The van der Waals surface area contributed by atoms with Crippen molar-refractivity contribution in [1.82, 2.24) is 20.0 Å². The molecule has 1 aromatic carbocycles. The van der Waals surface area contributed by atoms with E-state index in [1.807, 2.05) is 31.2 Å². The third kappa shape index (κ3) is 3.96. The number of carbonyl (C=O) groups excluding carboxylic acids is 2. The summed E-state index contributed by atoms with van der Waals surface area (Å²) in [5, 5.41) is 8.07. The summed E-state index contributed by atoms with van der Waals surface area (Å²) >= 11 is 0. The first-order valence-electron chi connectivity index (χ1n) is 12.2. The summed E-state index contributed by atoms with van der Waals surface area (Å²) in [4.78, 5) is 29.3. The number of amides is 2. The molecule has 0 radical (unpaired) electrons. The minimum absolute atomic E-state index is 0.0551. The standard InChI is InChI=1S/C26H34N4O2/c1-18-9-7-8-10-20(18)16-29-24(31)23-15-22(19-13-14-19)28-30(23)17-26(29,2)25(32)27-21-11-5-3-4-6-12-21/h7-10,15,19,21H,3-6,11-14,16-17H2,1-2H3,(H,27,32)/t26-/m0/s1. The van der Waals surface area contributed by atoms with Crippen LogP contribution in [0.4, 0.5) is 0 Å². The Balaban J connectivity index is 1.48. The molecule has 2 aromatic rings. The highest BCUT2D eigenvalue weighted by Crippen LogP contribution is 2.41. The lowest BCUT2D eigenvalue weighted by molar-refractivity contribution is -0.134. The molecule has 2 aliphatic carbocycles. The van der Waals surface area contributed by atoms with Crippen LogP contribution in [-0.4, -0.2) is 38.1 Å². The zero-order chi connectivity index (χ0) is 22.3. The van der Waals surface area contributed by atoms with E-state index < -0.39 is 5.54 Å². The van der Waals surface area contributed by atoms with Gasteiger partial charge in [0.1, 0.15) is 11.2 Å². The van der Waals surface area contributed by atoms with E-state index in [9.17, 15) is 9.59 Å². The van der Waals surface area contributed by atoms with Crippen LogP contribution in [0, 0.1) is 6.92 Å². The van der Waals surface area contributed by atoms with Gasteiger partial charge in [-0.2, -0.15) is 5.10 Å². The summed E-state index contributed by atoms with van der Waals surface area (Å²) in [6.07, 6.45) is 9.10. The van der Waals surface area contributed by atoms with Crippen molar-refractivity contribution in [2.24, 2.45) is 0 Å². The smallest absolute Gasteiger partial charge is 0.273 e. The average Bonchev–Trinajstić information content (AvgIpc) is 3.58. The van der Waals surface area contributed by atoms with Gasteiger partial charge in [0.05, 0.1) is 12.2 Å². The molecule has 0 bridgehead atoms. The lowest BCUT2D eigenvalue weighted by Gasteiger charge is -2.44. The van der Waals surface area contributed by atoms with E-state index in [4.69, 9.17) is 5.10 Å². The fraction of sp³-hybridized carbons (Fsp3) is 0.577. The van der Waals surface area contributed by atoms with E-state index in [1.54, 1.807) is 9.58 Å². The zero-order valence-electron chi connectivity index (χ0n) is 19.3. The Hall–Kier alpha value is -2.63. The summed E-state index contributed by atoms with van der Waals surface area (Å²) in [6.45, 7) is 4.79. The zero-order valence-corrected chi connectivity index (χ0v) is 19.3. The van der Waals surface area contributed by atoms with Gasteiger partial charge in [-0.1, -0.05) is 49.9 Å². The molecule has 1 aliphatic heterocycles. The van der Waals surface area contributed by atoms with Crippen molar-refractivity contribution in [3.63, 3.8) is 0 Å². The monoisotopic (exact) mass is 434 g/mol. The fourth-order valence-corrected chi connectivity index (χ4v) is 5.21. The molecule has 3 aliphatic rings. The van der Waals surface area contributed by atoms with Gasteiger partial charge in [-0.15, -0.1) is 0 Å². The van der Waals surface area contributed by atoms with Crippen LogP contribution in [-0.2, 0) is 17.9 Å². The highest BCUT2D eigenvalue weighted by molar-refractivity contribution is 5.99. The molecule has 2 saturated carbocycles. The van der Waals surface area contributed by atoms with E-state index in [1.165, 1.54) is 12.8 Å². The lowest BCUT2D eigenvalue weighted by atomic mass is 9.92. The van der Waals surface area contributed by atoms with E-state index in [-0.39, 0.29) is 17.9 Å². The molecule has 0 unspecified atom stereocenters. The maximum atomic E-state index is 13.7. The van der Waals surface area contributed by atoms with Crippen molar-refractivity contribution in [1.29, 1.82) is 0 Å². The van der Waals surface area contributed by atoms with Gasteiger partial charge in [0, 0.05) is 18.5 Å². The Morgan fingerprint density at radius 3 is 2.53 bits per heavy atom. The maximum absolute atomic E-state index is 13.7. The highest BCUT2D eigenvalue weighted by atomic mass is 16.2. The second-order valence-corrected chi connectivity index (χ2v) is 10.1. The van der Waals surface area contributed by atoms with Crippen molar-refractivity contribution in [2.75, 3.05) is 0 Å². The number of aryl methyl sites for hydroxylation is 1. The van der Waals surface area contributed by atoms with Gasteiger partial charge < -0.3 is 10.2 Å². The molecule has 170 valence electrons. The van der Waals surface area contributed by atoms with Crippen LogP contribution in [0.3, 0.4) is 0 Å². The van der Waals surface area contributed by atoms with Crippen molar-refractivity contribution in [3.8, 4) is 0 Å². The molecule has 5 rings (SSSR count). The normalized spacial score (nSPS) is 24.2. The summed E-state index contributed by atoms with van der Waals surface area (Å²) < 4.78 is 1.79. The van der Waals surface area contributed by atoms with Crippen LogP contribution in [0.15, 0.2) is 30.3 Å². The number of hydrogen-bond donors (Lipinski definition) is 1. The van der Waals surface area contributed by atoms with Crippen molar-refractivity contribution >= 4 is 11.8 Å². The number of aromatic nitrogens is 2. The fourth-order valence-electron chi connectivity index (χ4n) is 5.21. The van der Waals surface area contributed by atoms with Gasteiger partial charge in [0.2, 0.25) is 5.91 Å². The molecule has 1 atom stereocenters. The number of hydrogen-bond acceptors (Lipinski definition) is 3. The lowest BCUT2D eigenvalue weighted by Crippen LogP contribution is -2.64. The largest absolute Gasteiger partial charge is 0.351 e. The molecule has 2 fully saturated rings. The van der Waals surface area contributed by atoms with Crippen molar-refractivity contribution in [3.05, 3.63) is 52.8 Å². The predicted molar refractivity (Wildman–Crippen MR) is 123 cm³/mol. The molecule has 6 heteroatoms.